The number of nitrogens with two attached hydrogens (primary N) is 1. The minimum atomic E-state index is -1.12. The van der Waals surface area contributed by atoms with Gasteiger partial charge in [0.05, 0.1) is 17.7 Å². The highest BCUT2D eigenvalue weighted by Crippen LogP contribution is 2.13. The summed E-state index contributed by atoms with van der Waals surface area (Å²) in [6.07, 6.45) is -0.241. The number of hydrogen-bond donors (Lipinski definition) is 4. The number of aliphatic carboxylic acids is 1. The number of para-hydroxylation sites is 1. The number of carbonyl (C=O) groups is 2. The van der Waals surface area contributed by atoms with Gasteiger partial charge in [0.25, 0.3) is 0 Å². The molecule has 5 N–H and O–H groups in total. The number of carbonyl (C=O) groups excluding carboxylic acids is 1. The fraction of sp³-hybridized carbons (Fsp3) is 0.308. The quantitative estimate of drug-likeness (QED) is 0.550. The minimum absolute atomic E-state index is 0.241. The molecule has 0 unspecified atom stereocenters. The number of hydrogen-bond acceptors (Lipinski definition) is 5. The lowest BCUT2D eigenvalue weighted by Crippen LogP contribution is -2.41. The van der Waals surface area contributed by atoms with Gasteiger partial charge in [-0.1, -0.05) is 12.1 Å². The van der Waals surface area contributed by atoms with Crippen molar-refractivity contribution in [3.8, 4) is 6.07 Å². The van der Waals surface area contributed by atoms with E-state index in [1.54, 1.807) is 24.3 Å². The summed E-state index contributed by atoms with van der Waals surface area (Å²) >= 11 is 0. The molecule has 1 rings (SSSR count). The van der Waals surface area contributed by atoms with E-state index < -0.39 is 17.9 Å². The Morgan fingerprint density at radius 1 is 1.40 bits per heavy atom. The number of rotatable bonds is 7. The Labute approximate surface area is 116 Å². The molecule has 20 heavy (non-hydrogen) atoms. The van der Waals surface area contributed by atoms with Crippen LogP contribution in [0.2, 0.25) is 0 Å². The normalized spacial score (nSPS) is 11.4. The first-order chi connectivity index (χ1) is 9.58. The molecule has 0 aliphatic rings. The Morgan fingerprint density at radius 2 is 2.10 bits per heavy atom. The predicted molar refractivity (Wildman–Crippen MR) is 72.9 cm³/mol. The molecule has 1 amide bonds. The second kappa shape index (κ2) is 7.89. The molecule has 0 saturated heterocycles. The summed E-state index contributed by atoms with van der Waals surface area (Å²) in [6.45, 7) is 0.585. The zero-order chi connectivity index (χ0) is 15.0. The lowest BCUT2D eigenvalue weighted by molar-refractivity contribution is -0.141. The smallest absolute Gasteiger partial charge is 0.321 e. The van der Waals surface area contributed by atoms with Gasteiger partial charge >= 0.3 is 5.97 Å². The van der Waals surface area contributed by atoms with Gasteiger partial charge in [-0.25, -0.2) is 0 Å². The highest BCUT2D eigenvalue weighted by atomic mass is 16.4. The zero-order valence-electron chi connectivity index (χ0n) is 10.8. The van der Waals surface area contributed by atoms with Crippen molar-refractivity contribution in [3.63, 3.8) is 0 Å². The lowest BCUT2D eigenvalue weighted by atomic mass is 10.1. The highest BCUT2D eigenvalue weighted by Gasteiger charge is 2.20. The van der Waals surface area contributed by atoms with Gasteiger partial charge in [0.2, 0.25) is 5.91 Å². The highest BCUT2D eigenvalue weighted by molar-refractivity contribution is 5.95. The molecule has 0 bridgehead atoms. The monoisotopic (exact) mass is 276 g/mol. The molecule has 0 saturated carbocycles. The summed E-state index contributed by atoms with van der Waals surface area (Å²) in [4.78, 5) is 22.8. The number of amides is 1. The molecule has 0 heterocycles. The van der Waals surface area contributed by atoms with E-state index in [2.05, 4.69) is 10.6 Å². The Morgan fingerprint density at radius 3 is 2.70 bits per heavy atom. The van der Waals surface area contributed by atoms with Crippen molar-refractivity contribution in [3.05, 3.63) is 29.8 Å². The number of nitriles is 1. The Kier molecular flexibility index (Phi) is 6.16. The molecular formula is C13H16N4O3. The number of nitrogens with zero attached hydrogens (tertiary/aromatic N) is 1. The van der Waals surface area contributed by atoms with Crippen LogP contribution in [0.25, 0.3) is 0 Å². The molecular weight excluding hydrogens is 260 g/mol. The van der Waals surface area contributed by atoms with E-state index in [-0.39, 0.29) is 13.0 Å². The number of benzene rings is 1. The average molecular weight is 276 g/mol. The third kappa shape index (κ3) is 4.68. The predicted octanol–water partition coefficient (Wildman–Crippen LogP) is -0.112. The topological polar surface area (TPSA) is 128 Å². The second-order valence-electron chi connectivity index (χ2n) is 4.04. The van der Waals surface area contributed by atoms with Crippen LogP contribution in [0.3, 0.4) is 0 Å². The van der Waals surface area contributed by atoms with Gasteiger partial charge in [0.1, 0.15) is 12.1 Å². The molecule has 0 aromatic heterocycles. The van der Waals surface area contributed by atoms with Crippen LogP contribution in [-0.2, 0) is 9.59 Å². The van der Waals surface area contributed by atoms with Crippen molar-refractivity contribution in [2.24, 2.45) is 5.73 Å². The number of nitrogens with one attached hydrogen (secondary N) is 2. The van der Waals surface area contributed by atoms with Crippen LogP contribution in [0, 0.1) is 11.3 Å². The lowest BCUT2D eigenvalue weighted by Gasteiger charge is -2.14. The third-order valence-electron chi connectivity index (χ3n) is 2.54. The van der Waals surface area contributed by atoms with Gasteiger partial charge in [-0.3, -0.25) is 9.59 Å². The number of carboxylic acid groups (broad SMARTS) is 1. The molecule has 0 fully saturated rings. The molecule has 1 aromatic rings. The summed E-state index contributed by atoms with van der Waals surface area (Å²) in [6, 6.07) is 7.45. The Balaban J connectivity index is 2.66. The molecule has 0 aliphatic carbocycles. The van der Waals surface area contributed by atoms with Crippen molar-refractivity contribution in [2.75, 3.05) is 18.4 Å². The van der Waals surface area contributed by atoms with Crippen LogP contribution in [0.5, 0.6) is 0 Å². The Bertz CT molecular complexity index is 525. The maximum atomic E-state index is 11.8. The first kappa shape index (κ1) is 15.6. The molecule has 7 nitrogen and oxygen atoms in total. The summed E-state index contributed by atoms with van der Waals surface area (Å²) in [7, 11) is 0. The molecule has 0 spiro atoms. The van der Waals surface area contributed by atoms with Gasteiger partial charge in [0.15, 0.2) is 0 Å². The van der Waals surface area contributed by atoms with E-state index in [9.17, 15) is 9.59 Å². The van der Waals surface area contributed by atoms with E-state index in [4.69, 9.17) is 16.1 Å². The SMILES string of the molecule is N#Cc1ccccc1NC(=O)C[C@@H](NCCN)C(=O)O. The van der Waals surface area contributed by atoms with Crippen molar-refractivity contribution in [2.45, 2.75) is 12.5 Å². The van der Waals surface area contributed by atoms with Crippen molar-refractivity contribution < 1.29 is 14.7 Å². The van der Waals surface area contributed by atoms with Gasteiger partial charge in [-0.15, -0.1) is 0 Å². The second-order valence-corrected chi connectivity index (χ2v) is 4.04. The fourth-order valence-electron chi connectivity index (χ4n) is 1.58. The van der Waals surface area contributed by atoms with Crippen LogP contribution in [0.1, 0.15) is 12.0 Å². The Hall–Kier alpha value is -2.43. The van der Waals surface area contributed by atoms with Gasteiger partial charge in [0, 0.05) is 13.1 Å². The summed E-state index contributed by atoms with van der Waals surface area (Å²) in [5.41, 5.74) is 5.96. The number of carboxylic acids is 1. The minimum Gasteiger partial charge on any atom is -0.480 e. The van der Waals surface area contributed by atoms with Crippen LogP contribution in [0.4, 0.5) is 5.69 Å². The van der Waals surface area contributed by atoms with Gasteiger partial charge in [-0.05, 0) is 12.1 Å². The largest absolute Gasteiger partial charge is 0.480 e. The van der Waals surface area contributed by atoms with E-state index in [1.807, 2.05) is 6.07 Å². The van der Waals surface area contributed by atoms with Gasteiger partial charge < -0.3 is 21.5 Å². The summed E-state index contributed by atoms with van der Waals surface area (Å²) in [5.74, 6) is -1.60. The van der Waals surface area contributed by atoms with E-state index in [0.29, 0.717) is 17.8 Å². The average Bonchev–Trinajstić information content (AvgIpc) is 2.43. The van der Waals surface area contributed by atoms with E-state index in [0.717, 1.165) is 0 Å². The van der Waals surface area contributed by atoms with E-state index in [1.165, 1.54) is 0 Å². The van der Waals surface area contributed by atoms with E-state index >= 15 is 0 Å². The fourth-order valence-corrected chi connectivity index (χ4v) is 1.58. The van der Waals surface area contributed by atoms with Crippen LogP contribution >= 0.6 is 0 Å². The van der Waals surface area contributed by atoms with Crippen molar-refractivity contribution in [1.82, 2.24) is 5.32 Å². The standard InChI is InChI=1S/C13H16N4O3/c14-5-6-16-11(13(19)20)7-12(18)17-10-4-2-1-3-9(10)8-15/h1-4,11,16H,5-7,14H2,(H,17,18)(H,19,20)/t11-/m1/s1. The first-order valence-corrected chi connectivity index (χ1v) is 6.03. The maximum Gasteiger partial charge on any atom is 0.321 e. The first-order valence-electron chi connectivity index (χ1n) is 6.03. The van der Waals surface area contributed by atoms with Crippen molar-refractivity contribution in [1.29, 1.82) is 5.26 Å². The number of anilines is 1. The summed E-state index contributed by atoms with van der Waals surface area (Å²) < 4.78 is 0. The van der Waals surface area contributed by atoms with Gasteiger partial charge in [-0.2, -0.15) is 5.26 Å². The molecule has 1 atom stereocenters. The maximum absolute atomic E-state index is 11.8. The molecule has 0 radical (unpaired) electrons. The van der Waals surface area contributed by atoms with Crippen LogP contribution < -0.4 is 16.4 Å². The van der Waals surface area contributed by atoms with Crippen LogP contribution in [-0.4, -0.2) is 36.1 Å². The molecule has 106 valence electrons. The molecule has 7 heteroatoms. The zero-order valence-corrected chi connectivity index (χ0v) is 10.8. The molecule has 1 aromatic carbocycles. The van der Waals surface area contributed by atoms with Crippen LogP contribution in [0.15, 0.2) is 24.3 Å². The van der Waals surface area contributed by atoms with Crippen molar-refractivity contribution >= 4 is 17.6 Å². The summed E-state index contributed by atoms with van der Waals surface area (Å²) in [5, 5.41) is 23.1. The third-order valence-corrected chi connectivity index (χ3v) is 2.54. The molecule has 0 aliphatic heterocycles.